The van der Waals surface area contributed by atoms with E-state index in [0.717, 1.165) is 56.5 Å². The van der Waals surface area contributed by atoms with Crippen molar-refractivity contribution in [2.24, 2.45) is 0 Å². The highest BCUT2D eigenvalue weighted by molar-refractivity contribution is 7.99. The Bertz CT molecular complexity index is 768. The number of amides is 1. The van der Waals surface area contributed by atoms with Crippen molar-refractivity contribution in [1.82, 2.24) is 24.8 Å². The molecule has 1 saturated heterocycles. The highest BCUT2D eigenvalue weighted by Gasteiger charge is 2.38. The maximum atomic E-state index is 12.5. The van der Waals surface area contributed by atoms with Gasteiger partial charge in [-0.05, 0) is 25.0 Å². The highest BCUT2D eigenvalue weighted by Crippen LogP contribution is 2.34. The van der Waals surface area contributed by atoms with Crippen LogP contribution in [-0.2, 0) is 9.53 Å². The number of fused-ring (bicyclic) bond motifs is 1. The molecule has 4 rings (SSSR count). The Morgan fingerprint density at radius 1 is 1.19 bits per heavy atom. The summed E-state index contributed by atoms with van der Waals surface area (Å²) in [6.07, 6.45) is 8.03. The second-order valence-corrected chi connectivity index (χ2v) is 8.30. The van der Waals surface area contributed by atoms with Crippen molar-refractivity contribution in [2.75, 3.05) is 38.6 Å². The van der Waals surface area contributed by atoms with Crippen molar-refractivity contribution in [2.45, 2.75) is 42.8 Å². The smallest absolute Gasteiger partial charge is 0.230 e. The molecule has 146 valence electrons. The van der Waals surface area contributed by atoms with Crippen molar-refractivity contribution in [3.8, 4) is 0 Å². The molecule has 3 heterocycles. The molecular weight excluding hydrogens is 362 g/mol. The van der Waals surface area contributed by atoms with Gasteiger partial charge >= 0.3 is 0 Å². The van der Waals surface area contributed by atoms with E-state index in [2.05, 4.69) is 20.4 Å². The first kappa shape index (κ1) is 18.7. The van der Waals surface area contributed by atoms with Crippen molar-refractivity contribution in [3.63, 3.8) is 0 Å². The Labute approximate surface area is 163 Å². The molecule has 2 aromatic heterocycles. The van der Waals surface area contributed by atoms with E-state index in [-0.39, 0.29) is 11.4 Å². The minimum Gasteiger partial charge on any atom is -0.379 e. The molecule has 1 aliphatic carbocycles. The standard InChI is InChI=1S/C19H27N5O2S/c25-17(14-27-18-22-21-16-6-2-5-9-24(16)18)20-15-19(7-3-1-4-8-19)23-10-12-26-13-11-23/h2,5-6,9H,1,3-4,7-8,10-15H2,(H,20,25). The summed E-state index contributed by atoms with van der Waals surface area (Å²) in [5.41, 5.74) is 0.901. The number of ether oxygens (including phenoxy) is 1. The van der Waals surface area contributed by atoms with Crippen LogP contribution in [0.3, 0.4) is 0 Å². The minimum absolute atomic E-state index is 0.0610. The fraction of sp³-hybridized carbons (Fsp3) is 0.632. The van der Waals surface area contributed by atoms with Crippen LogP contribution in [0.4, 0.5) is 0 Å². The molecule has 0 radical (unpaired) electrons. The van der Waals surface area contributed by atoms with E-state index in [4.69, 9.17) is 4.74 Å². The van der Waals surface area contributed by atoms with Gasteiger partial charge in [-0.2, -0.15) is 0 Å². The van der Waals surface area contributed by atoms with Gasteiger partial charge in [0.15, 0.2) is 10.8 Å². The number of aromatic nitrogens is 3. The van der Waals surface area contributed by atoms with Gasteiger partial charge in [0.2, 0.25) is 5.91 Å². The SMILES string of the molecule is O=C(CSc1nnc2ccccn12)NCC1(N2CCOCC2)CCCCC1. The van der Waals surface area contributed by atoms with E-state index < -0.39 is 0 Å². The Hall–Kier alpha value is -1.64. The van der Waals surface area contributed by atoms with Gasteiger partial charge in [0.1, 0.15) is 0 Å². The number of morpholine rings is 1. The maximum Gasteiger partial charge on any atom is 0.230 e. The molecule has 1 aliphatic heterocycles. The van der Waals surface area contributed by atoms with Crippen LogP contribution in [0, 0.1) is 0 Å². The van der Waals surface area contributed by atoms with Crippen molar-refractivity contribution in [3.05, 3.63) is 24.4 Å². The third kappa shape index (κ3) is 4.28. The summed E-state index contributed by atoms with van der Waals surface area (Å²) in [7, 11) is 0. The number of nitrogens with one attached hydrogen (secondary N) is 1. The highest BCUT2D eigenvalue weighted by atomic mass is 32.2. The summed E-state index contributed by atoms with van der Waals surface area (Å²) in [6, 6.07) is 5.78. The molecule has 0 bridgehead atoms. The lowest BCUT2D eigenvalue weighted by atomic mass is 9.79. The van der Waals surface area contributed by atoms with Crippen molar-refractivity contribution in [1.29, 1.82) is 0 Å². The van der Waals surface area contributed by atoms with Gasteiger partial charge in [0, 0.05) is 31.4 Å². The predicted octanol–water partition coefficient (Wildman–Crippen LogP) is 1.97. The number of carbonyl (C=O) groups is 1. The van der Waals surface area contributed by atoms with Gasteiger partial charge < -0.3 is 10.1 Å². The second-order valence-electron chi connectivity index (χ2n) is 7.36. The van der Waals surface area contributed by atoms with Gasteiger partial charge in [0.25, 0.3) is 0 Å². The quantitative estimate of drug-likeness (QED) is 0.762. The zero-order chi connectivity index (χ0) is 18.5. The van der Waals surface area contributed by atoms with E-state index in [1.165, 1.54) is 31.0 Å². The topological polar surface area (TPSA) is 71.8 Å². The number of pyridine rings is 1. The molecule has 0 atom stereocenters. The summed E-state index contributed by atoms with van der Waals surface area (Å²) in [5.74, 6) is 0.417. The van der Waals surface area contributed by atoms with E-state index in [0.29, 0.717) is 5.75 Å². The van der Waals surface area contributed by atoms with Crippen LogP contribution in [0.2, 0.25) is 0 Å². The van der Waals surface area contributed by atoms with Gasteiger partial charge in [-0.25, -0.2) is 0 Å². The lowest BCUT2D eigenvalue weighted by Crippen LogP contribution is -2.59. The molecule has 2 aromatic rings. The second kappa shape index (κ2) is 8.58. The molecule has 1 amide bonds. The lowest BCUT2D eigenvalue weighted by molar-refractivity contribution is -0.119. The van der Waals surface area contributed by atoms with Gasteiger partial charge in [-0.15, -0.1) is 10.2 Å². The number of hydrogen-bond acceptors (Lipinski definition) is 6. The predicted molar refractivity (Wildman–Crippen MR) is 105 cm³/mol. The average Bonchev–Trinajstić information content (AvgIpc) is 3.15. The van der Waals surface area contributed by atoms with E-state index in [1.807, 2.05) is 28.8 Å². The first-order valence-corrected chi connectivity index (χ1v) is 10.8. The molecule has 0 aromatic carbocycles. The first-order valence-electron chi connectivity index (χ1n) is 9.79. The zero-order valence-electron chi connectivity index (χ0n) is 15.6. The summed E-state index contributed by atoms with van der Waals surface area (Å²) >= 11 is 1.43. The van der Waals surface area contributed by atoms with Crippen LogP contribution in [0.25, 0.3) is 5.65 Å². The van der Waals surface area contributed by atoms with Gasteiger partial charge in [-0.3, -0.25) is 14.1 Å². The number of nitrogens with zero attached hydrogens (tertiary/aromatic N) is 4. The number of thioether (sulfide) groups is 1. The van der Waals surface area contributed by atoms with E-state index in [9.17, 15) is 4.79 Å². The summed E-state index contributed by atoms with van der Waals surface area (Å²) in [6.45, 7) is 4.26. The monoisotopic (exact) mass is 389 g/mol. The molecule has 2 aliphatic rings. The number of carbonyl (C=O) groups excluding carboxylic acids is 1. The van der Waals surface area contributed by atoms with Crippen LogP contribution in [-0.4, -0.2) is 69.5 Å². The normalized spacial score (nSPS) is 20.6. The molecule has 0 spiro atoms. The van der Waals surface area contributed by atoms with Crippen LogP contribution in [0.15, 0.2) is 29.6 Å². The van der Waals surface area contributed by atoms with Crippen molar-refractivity contribution >= 4 is 23.3 Å². The third-order valence-corrected chi connectivity index (χ3v) is 6.64. The molecule has 1 N–H and O–H groups in total. The Morgan fingerprint density at radius 3 is 2.81 bits per heavy atom. The molecule has 2 fully saturated rings. The summed E-state index contributed by atoms with van der Waals surface area (Å²) in [4.78, 5) is 15.1. The number of hydrogen-bond donors (Lipinski definition) is 1. The Kier molecular flexibility index (Phi) is 5.95. The Balaban J connectivity index is 1.34. The van der Waals surface area contributed by atoms with Gasteiger partial charge in [0.05, 0.1) is 19.0 Å². The average molecular weight is 390 g/mol. The van der Waals surface area contributed by atoms with Gasteiger partial charge in [-0.1, -0.05) is 37.1 Å². The van der Waals surface area contributed by atoms with E-state index in [1.54, 1.807) is 0 Å². The molecular formula is C19H27N5O2S. The molecule has 7 nitrogen and oxygen atoms in total. The number of rotatable bonds is 6. The van der Waals surface area contributed by atoms with E-state index >= 15 is 0 Å². The van der Waals surface area contributed by atoms with Crippen molar-refractivity contribution < 1.29 is 9.53 Å². The summed E-state index contributed by atoms with van der Waals surface area (Å²) < 4.78 is 7.44. The molecule has 27 heavy (non-hydrogen) atoms. The molecule has 8 heteroatoms. The zero-order valence-corrected chi connectivity index (χ0v) is 16.4. The van der Waals surface area contributed by atoms with Crippen LogP contribution >= 0.6 is 11.8 Å². The van der Waals surface area contributed by atoms with Crippen LogP contribution in [0.5, 0.6) is 0 Å². The molecule has 1 saturated carbocycles. The fourth-order valence-corrected chi connectivity index (χ4v) is 4.97. The third-order valence-electron chi connectivity index (χ3n) is 5.70. The van der Waals surface area contributed by atoms with Crippen LogP contribution < -0.4 is 5.32 Å². The first-order chi connectivity index (χ1) is 13.3. The Morgan fingerprint density at radius 2 is 2.00 bits per heavy atom. The minimum atomic E-state index is 0.0610. The fourth-order valence-electron chi connectivity index (χ4n) is 4.21. The maximum absolute atomic E-state index is 12.5. The molecule has 0 unspecified atom stereocenters. The summed E-state index contributed by atoms with van der Waals surface area (Å²) in [5, 5.41) is 12.3. The van der Waals surface area contributed by atoms with Crippen LogP contribution in [0.1, 0.15) is 32.1 Å². The largest absolute Gasteiger partial charge is 0.379 e. The lowest BCUT2D eigenvalue weighted by Gasteiger charge is -2.48.